The highest BCUT2D eigenvalue weighted by molar-refractivity contribution is 5.79. The summed E-state index contributed by atoms with van der Waals surface area (Å²) < 4.78 is 4.32. The summed E-state index contributed by atoms with van der Waals surface area (Å²) in [7, 11) is 0. The van der Waals surface area contributed by atoms with E-state index in [4.69, 9.17) is 20.4 Å². The number of carbonyl (C=O) groups excluding carboxylic acids is 1. The Balaban J connectivity index is 2.95. The predicted molar refractivity (Wildman–Crippen MR) is 35.3 cm³/mol. The van der Waals surface area contributed by atoms with Crippen LogP contribution in [0.15, 0.2) is 11.5 Å². The third kappa shape index (κ3) is 1.21. The molecular weight excluding hydrogens is 168 g/mol. The molecule has 0 saturated carbocycles. The highest BCUT2D eigenvalue weighted by atomic mass is 16.6. The molecule has 0 spiro atoms. The van der Waals surface area contributed by atoms with Crippen molar-refractivity contribution in [2.24, 2.45) is 0 Å². The minimum absolute atomic E-state index is 0.644. The number of aliphatic hydroxyl groups excluding tert-OH is 4. The second-order valence-electron chi connectivity index (χ2n) is 2.28. The minimum atomic E-state index is -1.85. The molecule has 6 heteroatoms. The summed E-state index contributed by atoms with van der Waals surface area (Å²) in [6.07, 6.45) is -3.13. The quantitative estimate of drug-likeness (QED) is 0.366. The van der Waals surface area contributed by atoms with Crippen molar-refractivity contribution in [2.45, 2.75) is 12.2 Å². The molecule has 1 aliphatic rings. The number of hydrogen-bond acceptors (Lipinski definition) is 6. The lowest BCUT2D eigenvalue weighted by Gasteiger charge is -2.23. The van der Waals surface area contributed by atoms with Crippen LogP contribution in [0.4, 0.5) is 0 Å². The van der Waals surface area contributed by atoms with Crippen molar-refractivity contribution in [3.8, 4) is 0 Å². The molecule has 0 unspecified atom stereocenters. The molecule has 0 aromatic heterocycles. The summed E-state index contributed by atoms with van der Waals surface area (Å²) in [4.78, 5) is 10.6. The predicted octanol–water partition coefficient (Wildman–Crippen LogP) is -1.41. The van der Waals surface area contributed by atoms with Gasteiger partial charge in [0.15, 0.2) is 17.6 Å². The van der Waals surface area contributed by atoms with Crippen molar-refractivity contribution >= 4 is 5.97 Å². The summed E-state index contributed by atoms with van der Waals surface area (Å²) >= 11 is 0. The summed E-state index contributed by atoms with van der Waals surface area (Å²) in [6, 6.07) is 0. The van der Waals surface area contributed by atoms with Crippen LogP contribution in [0.5, 0.6) is 0 Å². The maximum absolute atomic E-state index is 10.6. The van der Waals surface area contributed by atoms with Crippen LogP contribution in [-0.4, -0.2) is 45.2 Å². The number of ether oxygens (including phenoxy) is 1. The van der Waals surface area contributed by atoms with Gasteiger partial charge >= 0.3 is 5.97 Å². The molecule has 0 aromatic carbocycles. The lowest BCUT2D eigenvalue weighted by atomic mass is 10.1. The van der Waals surface area contributed by atoms with Crippen LogP contribution in [-0.2, 0) is 9.53 Å². The first-order valence-electron chi connectivity index (χ1n) is 3.19. The Morgan fingerprint density at radius 3 is 2.42 bits per heavy atom. The molecule has 0 bridgehead atoms. The van der Waals surface area contributed by atoms with E-state index in [1.54, 1.807) is 0 Å². The second kappa shape index (κ2) is 3.00. The molecule has 1 aliphatic heterocycles. The molecule has 0 aromatic rings. The monoisotopic (exact) mass is 176 g/mol. The molecule has 68 valence electrons. The van der Waals surface area contributed by atoms with E-state index in [2.05, 4.69) is 4.74 Å². The molecule has 4 N–H and O–H groups in total. The van der Waals surface area contributed by atoms with E-state index in [1.807, 2.05) is 0 Å². The van der Waals surface area contributed by atoms with Gasteiger partial charge in [-0.2, -0.15) is 0 Å². The smallest absolute Gasteiger partial charge is 0.343 e. The van der Waals surface area contributed by atoms with Gasteiger partial charge in [0.25, 0.3) is 0 Å². The summed E-state index contributed by atoms with van der Waals surface area (Å²) in [6.45, 7) is -0.644. The zero-order chi connectivity index (χ0) is 9.30. The van der Waals surface area contributed by atoms with Crippen molar-refractivity contribution in [3.05, 3.63) is 11.5 Å². The van der Waals surface area contributed by atoms with Gasteiger partial charge < -0.3 is 25.2 Å². The van der Waals surface area contributed by atoms with Crippen molar-refractivity contribution < 1.29 is 30.0 Å². The van der Waals surface area contributed by atoms with Crippen LogP contribution < -0.4 is 0 Å². The lowest BCUT2D eigenvalue weighted by molar-refractivity contribution is -0.164. The Bertz CT molecular complexity index is 232. The highest BCUT2D eigenvalue weighted by Gasteiger charge is 2.36. The molecule has 0 radical (unpaired) electrons. The number of esters is 1. The fourth-order valence-corrected chi connectivity index (χ4v) is 0.801. The number of cyclic esters (lactones) is 1. The van der Waals surface area contributed by atoms with E-state index in [0.717, 1.165) is 0 Å². The third-order valence-corrected chi connectivity index (χ3v) is 1.47. The first-order chi connectivity index (χ1) is 5.57. The van der Waals surface area contributed by atoms with E-state index < -0.39 is 36.3 Å². The Morgan fingerprint density at radius 2 is 1.92 bits per heavy atom. The normalized spacial score (nSPS) is 30.3. The van der Waals surface area contributed by atoms with Crippen LogP contribution >= 0.6 is 0 Å². The topological polar surface area (TPSA) is 107 Å². The van der Waals surface area contributed by atoms with Crippen LogP contribution in [0.1, 0.15) is 0 Å². The first kappa shape index (κ1) is 8.82. The van der Waals surface area contributed by atoms with Gasteiger partial charge in [0, 0.05) is 0 Å². The molecule has 0 fully saturated rings. The number of carbonyl (C=O) groups is 1. The molecule has 12 heavy (non-hydrogen) atoms. The largest absolute Gasteiger partial charge is 0.506 e. The van der Waals surface area contributed by atoms with Crippen LogP contribution in [0.25, 0.3) is 0 Å². The van der Waals surface area contributed by atoms with Gasteiger partial charge in [0.1, 0.15) is 0 Å². The van der Waals surface area contributed by atoms with Gasteiger partial charge in [-0.1, -0.05) is 0 Å². The second-order valence-corrected chi connectivity index (χ2v) is 2.28. The van der Waals surface area contributed by atoms with Gasteiger partial charge in [0.2, 0.25) is 6.10 Å². The number of hydrogen-bond donors (Lipinski definition) is 4. The van der Waals surface area contributed by atoms with Gasteiger partial charge in [-0.3, -0.25) is 0 Å². The van der Waals surface area contributed by atoms with Crippen LogP contribution in [0, 0.1) is 0 Å². The van der Waals surface area contributed by atoms with E-state index in [9.17, 15) is 4.79 Å². The molecule has 6 nitrogen and oxygen atoms in total. The molecule has 1 heterocycles. The zero-order valence-corrected chi connectivity index (χ0v) is 5.97. The highest BCUT2D eigenvalue weighted by Crippen LogP contribution is 2.18. The molecular formula is C6H8O6. The Morgan fingerprint density at radius 1 is 1.33 bits per heavy atom. The minimum Gasteiger partial charge on any atom is -0.506 e. The maximum atomic E-state index is 10.6. The van der Waals surface area contributed by atoms with Crippen molar-refractivity contribution in [2.75, 3.05) is 6.61 Å². The SMILES string of the molecule is O=C1O[C@H](CO)C(O)=C(O)[C@H]1O. The van der Waals surface area contributed by atoms with Crippen molar-refractivity contribution in [3.63, 3.8) is 0 Å². The first-order valence-corrected chi connectivity index (χ1v) is 3.19. The molecule has 2 atom stereocenters. The average molecular weight is 176 g/mol. The maximum Gasteiger partial charge on any atom is 0.343 e. The van der Waals surface area contributed by atoms with Crippen LogP contribution in [0.3, 0.4) is 0 Å². The fraction of sp³-hybridized carbons (Fsp3) is 0.500. The zero-order valence-electron chi connectivity index (χ0n) is 5.97. The van der Waals surface area contributed by atoms with E-state index in [1.165, 1.54) is 0 Å². The third-order valence-electron chi connectivity index (χ3n) is 1.47. The Labute approximate surface area is 67.3 Å². The number of rotatable bonds is 1. The van der Waals surface area contributed by atoms with E-state index in [0.29, 0.717) is 0 Å². The van der Waals surface area contributed by atoms with E-state index in [-0.39, 0.29) is 0 Å². The van der Waals surface area contributed by atoms with Crippen LogP contribution in [0.2, 0.25) is 0 Å². The Kier molecular flexibility index (Phi) is 2.20. The van der Waals surface area contributed by atoms with Crippen molar-refractivity contribution in [1.29, 1.82) is 0 Å². The van der Waals surface area contributed by atoms with Gasteiger partial charge in [-0.25, -0.2) is 4.79 Å². The molecule has 0 amide bonds. The summed E-state index contributed by atoms with van der Waals surface area (Å²) in [5.41, 5.74) is 0. The number of aliphatic hydroxyl groups is 4. The lowest BCUT2D eigenvalue weighted by Crippen LogP contribution is -2.39. The summed E-state index contributed by atoms with van der Waals surface area (Å²) in [5.74, 6) is -2.68. The standard InChI is InChI=1S/C6H8O6/c7-1-2-3(8)4(9)5(10)6(11)12-2/h2,5,7-10H,1H2/t2-,5-/m1/s1. The van der Waals surface area contributed by atoms with Gasteiger partial charge in [0.05, 0.1) is 6.61 Å². The fourth-order valence-electron chi connectivity index (χ4n) is 0.801. The Hall–Kier alpha value is -1.27. The molecule has 0 saturated heterocycles. The summed E-state index contributed by atoms with van der Waals surface area (Å²) in [5, 5.41) is 35.2. The van der Waals surface area contributed by atoms with Gasteiger partial charge in [-0.05, 0) is 0 Å². The van der Waals surface area contributed by atoms with E-state index >= 15 is 0 Å². The molecule has 1 rings (SSSR count). The van der Waals surface area contributed by atoms with Gasteiger partial charge in [-0.15, -0.1) is 0 Å². The average Bonchev–Trinajstić information content (AvgIpc) is 2.08. The van der Waals surface area contributed by atoms with Crippen molar-refractivity contribution in [1.82, 2.24) is 0 Å². The molecule has 0 aliphatic carbocycles.